The first kappa shape index (κ1) is 12.3. The van der Waals surface area contributed by atoms with E-state index in [-0.39, 0.29) is 16.1 Å². The van der Waals surface area contributed by atoms with Crippen molar-refractivity contribution in [3.8, 4) is 0 Å². The standard InChI is InChI=1S/C11H14BrN3O2/c12-8-1-2-9(10(7-8)15(16)17)14-11(3-4-11)5-6-13/h1-2,7,14H,3-6,13H2. The number of hydrogen-bond donors (Lipinski definition) is 2. The van der Waals surface area contributed by atoms with Gasteiger partial charge in [-0.15, -0.1) is 0 Å². The van der Waals surface area contributed by atoms with Gasteiger partial charge in [0, 0.05) is 16.1 Å². The van der Waals surface area contributed by atoms with E-state index in [1.165, 1.54) is 6.07 Å². The number of nitrogens with zero attached hydrogens (tertiary/aromatic N) is 1. The molecule has 1 aromatic rings. The zero-order valence-electron chi connectivity index (χ0n) is 9.28. The molecule has 0 aromatic heterocycles. The second kappa shape index (κ2) is 4.62. The summed E-state index contributed by atoms with van der Waals surface area (Å²) in [6.45, 7) is 0.595. The molecule has 0 spiro atoms. The Hall–Kier alpha value is -1.14. The second-order valence-electron chi connectivity index (χ2n) is 4.36. The zero-order valence-corrected chi connectivity index (χ0v) is 10.9. The third kappa shape index (κ3) is 2.76. The number of halogens is 1. The molecule has 1 aliphatic carbocycles. The number of rotatable bonds is 5. The van der Waals surface area contributed by atoms with Gasteiger partial charge in [0.05, 0.1) is 4.92 Å². The number of nitro groups is 1. The van der Waals surface area contributed by atoms with Gasteiger partial charge in [0.15, 0.2) is 0 Å². The Morgan fingerprint density at radius 1 is 1.53 bits per heavy atom. The van der Waals surface area contributed by atoms with Crippen molar-refractivity contribution in [1.29, 1.82) is 0 Å². The van der Waals surface area contributed by atoms with Gasteiger partial charge in [0.25, 0.3) is 5.69 Å². The fourth-order valence-corrected chi connectivity index (χ4v) is 2.26. The van der Waals surface area contributed by atoms with Crippen LogP contribution in [0.3, 0.4) is 0 Å². The minimum atomic E-state index is -0.369. The van der Waals surface area contributed by atoms with Crippen LogP contribution in [-0.2, 0) is 0 Å². The number of hydrogen-bond acceptors (Lipinski definition) is 4. The van der Waals surface area contributed by atoms with Crippen molar-refractivity contribution in [3.63, 3.8) is 0 Å². The summed E-state index contributed by atoms with van der Waals surface area (Å²) in [5.74, 6) is 0. The van der Waals surface area contributed by atoms with Gasteiger partial charge in [-0.1, -0.05) is 15.9 Å². The van der Waals surface area contributed by atoms with Crippen LogP contribution in [-0.4, -0.2) is 17.0 Å². The van der Waals surface area contributed by atoms with Gasteiger partial charge in [-0.3, -0.25) is 10.1 Å². The zero-order chi connectivity index (χ0) is 12.5. The molecule has 1 fully saturated rings. The van der Waals surface area contributed by atoms with Crippen LogP contribution in [0.25, 0.3) is 0 Å². The van der Waals surface area contributed by atoms with Crippen LogP contribution in [0, 0.1) is 10.1 Å². The van der Waals surface area contributed by atoms with Gasteiger partial charge in [-0.25, -0.2) is 0 Å². The predicted molar refractivity (Wildman–Crippen MR) is 70.1 cm³/mol. The molecule has 0 atom stereocenters. The van der Waals surface area contributed by atoms with Crippen molar-refractivity contribution in [1.82, 2.24) is 0 Å². The maximum atomic E-state index is 11.0. The molecule has 17 heavy (non-hydrogen) atoms. The topological polar surface area (TPSA) is 81.2 Å². The molecule has 1 aromatic carbocycles. The highest BCUT2D eigenvalue weighted by molar-refractivity contribution is 9.10. The van der Waals surface area contributed by atoms with Crippen molar-refractivity contribution in [2.75, 3.05) is 11.9 Å². The molecule has 0 unspecified atom stereocenters. The first-order valence-corrected chi connectivity index (χ1v) is 6.28. The molecule has 5 nitrogen and oxygen atoms in total. The van der Waals surface area contributed by atoms with E-state index < -0.39 is 0 Å². The fraction of sp³-hybridized carbons (Fsp3) is 0.455. The average molecular weight is 300 g/mol. The number of nitrogens with two attached hydrogens (primary N) is 1. The lowest BCUT2D eigenvalue weighted by molar-refractivity contribution is -0.384. The maximum absolute atomic E-state index is 11.0. The van der Waals surface area contributed by atoms with E-state index in [9.17, 15) is 10.1 Å². The van der Waals surface area contributed by atoms with E-state index >= 15 is 0 Å². The number of anilines is 1. The van der Waals surface area contributed by atoms with Crippen LogP contribution >= 0.6 is 15.9 Å². The van der Waals surface area contributed by atoms with Crippen LogP contribution in [0.1, 0.15) is 19.3 Å². The third-order valence-corrected chi connectivity index (χ3v) is 3.53. The Morgan fingerprint density at radius 2 is 2.24 bits per heavy atom. The second-order valence-corrected chi connectivity index (χ2v) is 5.28. The van der Waals surface area contributed by atoms with Gasteiger partial charge in [0.1, 0.15) is 5.69 Å². The summed E-state index contributed by atoms with van der Waals surface area (Å²) < 4.78 is 0.707. The molecule has 0 bridgehead atoms. The fourth-order valence-electron chi connectivity index (χ4n) is 1.91. The van der Waals surface area contributed by atoms with Crippen LogP contribution in [0.2, 0.25) is 0 Å². The molecule has 6 heteroatoms. The largest absolute Gasteiger partial charge is 0.374 e. The lowest BCUT2D eigenvalue weighted by atomic mass is 10.1. The van der Waals surface area contributed by atoms with E-state index in [4.69, 9.17) is 5.73 Å². The SMILES string of the molecule is NCCC1(Nc2ccc(Br)cc2[N+](=O)[O-])CC1. The number of nitro benzene ring substituents is 1. The molecule has 2 rings (SSSR count). The summed E-state index contributed by atoms with van der Waals surface area (Å²) >= 11 is 3.24. The Balaban J connectivity index is 2.23. The van der Waals surface area contributed by atoms with Gasteiger partial charge in [0.2, 0.25) is 0 Å². The minimum Gasteiger partial charge on any atom is -0.374 e. The van der Waals surface area contributed by atoms with Crippen molar-refractivity contribution in [2.45, 2.75) is 24.8 Å². The summed E-state index contributed by atoms with van der Waals surface area (Å²) in [4.78, 5) is 10.6. The van der Waals surface area contributed by atoms with E-state index in [1.807, 2.05) is 0 Å². The van der Waals surface area contributed by atoms with E-state index in [2.05, 4.69) is 21.2 Å². The highest BCUT2D eigenvalue weighted by Gasteiger charge is 2.42. The first-order valence-electron chi connectivity index (χ1n) is 5.48. The summed E-state index contributed by atoms with van der Waals surface area (Å²) in [5, 5.41) is 14.2. The molecule has 3 N–H and O–H groups in total. The smallest absolute Gasteiger partial charge is 0.293 e. The van der Waals surface area contributed by atoms with Crippen molar-refractivity contribution < 1.29 is 4.92 Å². The summed E-state index contributed by atoms with van der Waals surface area (Å²) in [5.41, 5.74) is 6.20. The van der Waals surface area contributed by atoms with Crippen molar-refractivity contribution >= 4 is 27.3 Å². The Labute approximate surface area is 108 Å². The molecular formula is C11H14BrN3O2. The maximum Gasteiger partial charge on any atom is 0.293 e. The van der Waals surface area contributed by atoms with Gasteiger partial charge in [-0.2, -0.15) is 0 Å². The Bertz CT molecular complexity index is 446. The van der Waals surface area contributed by atoms with Gasteiger partial charge in [-0.05, 0) is 37.9 Å². The van der Waals surface area contributed by atoms with Crippen LogP contribution < -0.4 is 11.1 Å². The number of nitrogens with one attached hydrogen (secondary N) is 1. The van der Waals surface area contributed by atoms with Crippen LogP contribution in [0.4, 0.5) is 11.4 Å². The summed E-state index contributed by atoms with van der Waals surface area (Å²) in [6.07, 6.45) is 2.90. The summed E-state index contributed by atoms with van der Waals surface area (Å²) in [6, 6.07) is 5.05. The molecule has 0 saturated heterocycles. The quantitative estimate of drug-likeness (QED) is 0.647. The molecule has 1 saturated carbocycles. The molecule has 0 amide bonds. The van der Waals surface area contributed by atoms with Crippen molar-refractivity contribution in [3.05, 3.63) is 32.8 Å². The van der Waals surface area contributed by atoms with Crippen molar-refractivity contribution in [2.24, 2.45) is 5.73 Å². The molecular weight excluding hydrogens is 286 g/mol. The third-order valence-electron chi connectivity index (χ3n) is 3.03. The van der Waals surface area contributed by atoms with Crippen LogP contribution in [0.5, 0.6) is 0 Å². The molecule has 0 radical (unpaired) electrons. The number of benzene rings is 1. The lowest BCUT2D eigenvalue weighted by Gasteiger charge is -2.17. The lowest BCUT2D eigenvalue weighted by Crippen LogP contribution is -2.25. The molecule has 92 valence electrons. The molecule has 0 aliphatic heterocycles. The highest BCUT2D eigenvalue weighted by Crippen LogP contribution is 2.43. The minimum absolute atomic E-state index is 0.0205. The highest BCUT2D eigenvalue weighted by atomic mass is 79.9. The van der Waals surface area contributed by atoms with Gasteiger partial charge < -0.3 is 11.1 Å². The Morgan fingerprint density at radius 3 is 2.76 bits per heavy atom. The Kier molecular flexibility index (Phi) is 3.35. The van der Waals surface area contributed by atoms with Gasteiger partial charge >= 0.3 is 0 Å². The van der Waals surface area contributed by atoms with E-state index in [1.54, 1.807) is 12.1 Å². The molecule has 0 heterocycles. The molecule has 1 aliphatic rings. The van der Waals surface area contributed by atoms with E-state index in [0.717, 1.165) is 19.3 Å². The van der Waals surface area contributed by atoms with Crippen LogP contribution in [0.15, 0.2) is 22.7 Å². The predicted octanol–water partition coefficient (Wildman–Crippen LogP) is 2.65. The average Bonchev–Trinajstić information content (AvgIpc) is 3.01. The monoisotopic (exact) mass is 299 g/mol. The normalized spacial score (nSPS) is 16.6. The van der Waals surface area contributed by atoms with E-state index in [0.29, 0.717) is 16.7 Å². The first-order chi connectivity index (χ1) is 8.06. The summed E-state index contributed by atoms with van der Waals surface area (Å²) in [7, 11) is 0.